The number of rotatable bonds is 3. The Bertz CT molecular complexity index is 1040. The van der Waals surface area contributed by atoms with E-state index in [-0.39, 0.29) is 11.7 Å². The summed E-state index contributed by atoms with van der Waals surface area (Å²) in [5, 5.41) is 5.45. The molecule has 3 aromatic rings. The molecule has 0 spiro atoms. The van der Waals surface area contributed by atoms with Gasteiger partial charge in [-0.2, -0.15) is 0 Å². The van der Waals surface area contributed by atoms with E-state index < -0.39 is 6.03 Å². The van der Waals surface area contributed by atoms with Crippen molar-refractivity contribution in [1.82, 2.24) is 4.90 Å². The molecule has 0 unspecified atom stereocenters. The van der Waals surface area contributed by atoms with E-state index in [4.69, 9.17) is 0 Å². The van der Waals surface area contributed by atoms with E-state index in [0.29, 0.717) is 30.0 Å². The second-order valence-electron chi connectivity index (χ2n) is 6.91. The highest BCUT2D eigenvalue weighted by Gasteiger charge is 2.22. The van der Waals surface area contributed by atoms with E-state index >= 15 is 0 Å². The standard InChI is InChI=1S/C23H20FN3O2/c24-19-7-10-20(11-8-19)25-23(29)26-21-9-6-16-12-13-27(15-18(16)14-21)22(28)17-4-2-1-3-5-17/h1-11,14H,12-13,15H2,(H2,25,26,29). The summed E-state index contributed by atoms with van der Waals surface area (Å²) in [5.74, 6) is -0.357. The molecule has 0 saturated heterocycles. The number of nitrogens with one attached hydrogen (secondary N) is 2. The molecule has 3 aromatic carbocycles. The van der Waals surface area contributed by atoms with Gasteiger partial charge in [0.2, 0.25) is 0 Å². The zero-order valence-corrected chi connectivity index (χ0v) is 15.7. The van der Waals surface area contributed by atoms with Crippen molar-refractivity contribution in [3.05, 3.63) is 95.3 Å². The van der Waals surface area contributed by atoms with Crippen LogP contribution in [0.4, 0.5) is 20.6 Å². The van der Waals surface area contributed by atoms with Crippen LogP contribution in [0.1, 0.15) is 21.5 Å². The van der Waals surface area contributed by atoms with Crippen LogP contribution in [0.5, 0.6) is 0 Å². The average molecular weight is 389 g/mol. The van der Waals surface area contributed by atoms with Crippen LogP contribution in [0, 0.1) is 5.82 Å². The largest absolute Gasteiger partial charge is 0.334 e. The van der Waals surface area contributed by atoms with Gasteiger partial charge in [-0.15, -0.1) is 0 Å². The number of fused-ring (bicyclic) bond motifs is 1. The lowest BCUT2D eigenvalue weighted by Crippen LogP contribution is -2.36. The lowest BCUT2D eigenvalue weighted by atomic mass is 9.98. The summed E-state index contributed by atoms with van der Waals surface area (Å²) in [6.45, 7) is 1.16. The van der Waals surface area contributed by atoms with Gasteiger partial charge in [0.25, 0.3) is 5.91 Å². The number of halogens is 1. The molecular weight excluding hydrogens is 369 g/mol. The monoisotopic (exact) mass is 389 g/mol. The molecule has 5 nitrogen and oxygen atoms in total. The van der Waals surface area contributed by atoms with Gasteiger partial charge in [-0.05, 0) is 66.1 Å². The van der Waals surface area contributed by atoms with Gasteiger partial charge in [-0.1, -0.05) is 24.3 Å². The topological polar surface area (TPSA) is 61.4 Å². The summed E-state index contributed by atoms with van der Waals surface area (Å²) < 4.78 is 13.0. The van der Waals surface area contributed by atoms with Crippen molar-refractivity contribution in [2.24, 2.45) is 0 Å². The van der Waals surface area contributed by atoms with Crippen LogP contribution >= 0.6 is 0 Å². The van der Waals surface area contributed by atoms with Gasteiger partial charge in [0.15, 0.2) is 0 Å². The summed E-state index contributed by atoms with van der Waals surface area (Å²) >= 11 is 0. The third-order valence-corrected chi connectivity index (χ3v) is 4.89. The summed E-state index contributed by atoms with van der Waals surface area (Å²) in [6.07, 6.45) is 0.774. The van der Waals surface area contributed by atoms with Crippen LogP contribution in [-0.4, -0.2) is 23.4 Å². The SMILES string of the molecule is O=C(Nc1ccc(F)cc1)Nc1ccc2c(c1)CN(C(=O)c1ccccc1)CC2. The minimum absolute atomic E-state index is 0.00339. The Labute approximate surface area is 168 Å². The molecule has 0 aliphatic carbocycles. The normalized spacial score (nSPS) is 12.8. The van der Waals surface area contributed by atoms with Crippen LogP contribution in [0.3, 0.4) is 0 Å². The van der Waals surface area contributed by atoms with Crippen LogP contribution < -0.4 is 10.6 Å². The Hall–Kier alpha value is -3.67. The second kappa shape index (κ2) is 8.14. The first kappa shape index (κ1) is 18.7. The summed E-state index contributed by atoms with van der Waals surface area (Å²) in [5.41, 5.74) is 3.99. The predicted octanol–water partition coefficient (Wildman–Crippen LogP) is 4.67. The molecule has 0 radical (unpaired) electrons. The molecule has 0 atom stereocenters. The third kappa shape index (κ3) is 4.43. The summed E-state index contributed by atoms with van der Waals surface area (Å²) in [7, 11) is 0. The van der Waals surface area contributed by atoms with Gasteiger partial charge in [0.05, 0.1) is 0 Å². The van der Waals surface area contributed by atoms with E-state index in [1.165, 1.54) is 29.8 Å². The minimum atomic E-state index is -0.412. The van der Waals surface area contributed by atoms with Crippen LogP contribution in [0.2, 0.25) is 0 Å². The van der Waals surface area contributed by atoms with Crippen molar-refractivity contribution >= 4 is 23.3 Å². The van der Waals surface area contributed by atoms with Gasteiger partial charge in [-0.3, -0.25) is 4.79 Å². The smallest absolute Gasteiger partial charge is 0.323 e. The van der Waals surface area contributed by atoms with Crippen molar-refractivity contribution in [2.75, 3.05) is 17.2 Å². The van der Waals surface area contributed by atoms with E-state index in [2.05, 4.69) is 10.6 Å². The van der Waals surface area contributed by atoms with Crippen molar-refractivity contribution < 1.29 is 14.0 Å². The first-order valence-corrected chi connectivity index (χ1v) is 9.38. The van der Waals surface area contributed by atoms with Crippen molar-refractivity contribution in [1.29, 1.82) is 0 Å². The molecule has 2 N–H and O–H groups in total. The second-order valence-corrected chi connectivity index (χ2v) is 6.91. The van der Waals surface area contributed by atoms with Gasteiger partial charge < -0.3 is 15.5 Å². The Morgan fingerprint density at radius 1 is 0.828 bits per heavy atom. The Balaban J connectivity index is 1.43. The first-order valence-electron chi connectivity index (χ1n) is 9.38. The van der Waals surface area contributed by atoms with E-state index in [9.17, 15) is 14.0 Å². The Kier molecular flexibility index (Phi) is 5.24. The van der Waals surface area contributed by atoms with Gasteiger partial charge in [0.1, 0.15) is 5.82 Å². The molecule has 0 bridgehead atoms. The molecule has 0 aromatic heterocycles. The average Bonchev–Trinajstić information content (AvgIpc) is 2.75. The van der Waals surface area contributed by atoms with Gasteiger partial charge in [-0.25, -0.2) is 9.18 Å². The number of carbonyl (C=O) groups excluding carboxylic acids is 2. The highest BCUT2D eigenvalue weighted by molar-refractivity contribution is 5.99. The first-order chi connectivity index (χ1) is 14.1. The number of anilines is 2. The van der Waals surface area contributed by atoms with E-state index in [0.717, 1.165) is 12.0 Å². The molecule has 4 rings (SSSR count). The maximum atomic E-state index is 13.0. The molecule has 1 aliphatic heterocycles. The fraction of sp³-hybridized carbons (Fsp3) is 0.130. The van der Waals surface area contributed by atoms with Gasteiger partial charge in [0, 0.05) is 30.0 Å². The molecule has 3 amide bonds. The Morgan fingerprint density at radius 2 is 1.52 bits per heavy atom. The summed E-state index contributed by atoms with van der Waals surface area (Å²) in [6, 6.07) is 20.1. The van der Waals surface area contributed by atoms with Crippen LogP contribution in [0.15, 0.2) is 72.8 Å². The fourth-order valence-corrected chi connectivity index (χ4v) is 3.40. The number of hydrogen-bond donors (Lipinski definition) is 2. The maximum absolute atomic E-state index is 13.0. The molecule has 6 heteroatoms. The molecule has 0 saturated carbocycles. The Morgan fingerprint density at radius 3 is 2.28 bits per heavy atom. The van der Waals surface area contributed by atoms with E-state index in [1.807, 2.05) is 53.4 Å². The molecule has 146 valence electrons. The number of hydrogen-bond acceptors (Lipinski definition) is 2. The number of nitrogens with zero attached hydrogens (tertiary/aromatic N) is 1. The highest BCUT2D eigenvalue weighted by Crippen LogP contribution is 2.24. The van der Waals surface area contributed by atoms with Crippen molar-refractivity contribution in [3.8, 4) is 0 Å². The van der Waals surface area contributed by atoms with Crippen LogP contribution in [0.25, 0.3) is 0 Å². The molecule has 1 aliphatic rings. The van der Waals surface area contributed by atoms with Gasteiger partial charge >= 0.3 is 6.03 Å². The fourth-order valence-electron chi connectivity index (χ4n) is 3.40. The predicted molar refractivity (Wildman–Crippen MR) is 110 cm³/mol. The quantitative estimate of drug-likeness (QED) is 0.684. The van der Waals surface area contributed by atoms with E-state index in [1.54, 1.807) is 0 Å². The van der Waals surface area contributed by atoms with Crippen molar-refractivity contribution in [3.63, 3.8) is 0 Å². The number of amides is 3. The minimum Gasteiger partial charge on any atom is -0.334 e. The van der Waals surface area contributed by atoms with Crippen LogP contribution in [-0.2, 0) is 13.0 Å². The molecule has 29 heavy (non-hydrogen) atoms. The summed E-state index contributed by atoms with van der Waals surface area (Å²) in [4.78, 5) is 26.8. The number of benzene rings is 3. The lowest BCUT2D eigenvalue weighted by Gasteiger charge is -2.29. The zero-order chi connectivity index (χ0) is 20.2. The third-order valence-electron chi connectivity index (χ3n) is 4.89. The highest BCUT2D eigenvalue weighted by atomic mass is 19.1. The molecule has 1 heterocycles. The lowest BCUT2D eigenvalue weighted by molar-refractivity contribution is 0.0734. The number of urea groups is 1. The zero-order valence-electron chi connectivity index (χ0n) is 15.7. The number of carbonyl (C=O) groups is 2. The maximum Gasteiger partial charge on any atom is 0.323 e. The molecular formula is C23H20FN3O2. The molecule has 0 fully saturated rings. The van der Waals surface area contributed by atoms with Crippen molar-refractivity contribution in [2.45, 2.75) is 13.0 Å².